The van der Waals surface area contributed by atoms with Crippen LogP contribution in [0.4, 0.5) is 4.79 Å². The van der Waals surface area contributed by atoms with Crippen LogP contribution in [0.15, 0.2) is 0 Å². The molecule has 0 spiro atoms. The molecular weight excluding hydrogens is 234 g/mol. The standard InChI is InChI=1S/C13H23NO4/c1-5-13(10(15)16)7-6-8-14(9-13)11(17)18-12(2,3)4/h5-9H2,1-4H3,(H,15,16)/p-1. The fraction of sp³-hybridized carbons (Fsp3) is 0.846. The average Bonchev–Trinajstić information content (AvgIpc) is 2.26. The molecule has 5 nitrogen and oxygen atoms in total. The summed E-state index contributed by atoms with van der Waals surface area (Å²) in [5, 5.41) is 11.3. The van der Waals surface area contributed by atoms with Gasteiger partial charge in [-0.1, -0.05) is 6.92 Å². The highest BCUT2D eigenvalue weighted by atomic mass is 16.6. The smallest absolute Gasteiger partial charge is 0.410 e. The number of carboxylic acid groups (broad SMARTS) is 1. The van der Waals surface area contributed by atoms with Gasteiger partial charge in [0.15, 0.2) is 0 Å². The molecule has 1 atom stereocenters. The summed E-state index contributed by atoms with van der Waals surface area (Å²) in [5.41, 5.74) is -1.49. The van der Waals surface area contributed by atoms with Crippen LogP contribution in [0.5, 0.6) is 0 Å². The van der Waals surface area contributed by atoms with Crippen molar-refractivity contribution in [3.8, 4) is 0 Å². The maximum absolute atomic E-state index is 11.9. The SMILES string of the molecule is CCC1(C(=O)[O-])CCCN(C(=O)OC(C)(C)C)C1. The highest BCUT2D eigenvalue weighted by molar-refractivity contribution is 5.75. The first kappa shape index (κ1) is 14.8. The van der Waals surface area contributed by atoms with Crippen LogP contribution in [0.2, 0.25) is 0 Å². The minimum atomic E-state index is -1.07. The summed E-state index contributed by atoms with van der Waals surface area (Å²) < 4.78 is 5.27. The molecule has 104 valence electrons. The van der Waals surface area contributed by atoms with Crippen molar-refractivity contribution in [1.82, 2.24) is 4.90 Å². The van der Waals surface area contributed by atoms with E-state index in [2.05, 4.69) is 0 Å². The molecule has 1 unspecified atom stereocenters. The van der Waals surface area contributed by atoms with E-state index in [4.69, 9.17) is 4.74 Å². The summed E-state index contributed by atoms with van der Waals surface area (Å²) in [7, 11) is 0. The summed E-state index contributed by atoms with van der Waals surface area (Å²) in [6, 6.07) is 0. The van der Waals surface area contributed by atoms with Gasteiger partial charge in [-0.15, -0.1) is 0 Å². The minimum Gasteiger partial charge on any atom is -0.549 e. The number of hydrogen-bond acceptors (Lipinski definition) is 4. The van der Waals surface area contributed by atoms with Crippen LogP contribution in [-0.4, -0.2) is 35.7 Å². The van der Waals surface area contributed by atoms with Gasteiger partial charge in [-0.25, -0.2) is 4.79 Å². The Morgan fingerprint density at radius 3 is 2.44 bits per heavy atom. The fourth-order valence-electron chi connectivity index (χ4n) is 2.21. The molecule has 1 aliphatic heterocycles. The molecule has 1 rings (SSSR count). The topological polar surface area (TPSA) is 69.7 Å². The van der Waals surface area contributed by atoms with E-state index in [9.17, 15) is 14.7 Å². The van der Waals surface area contributed by atoms with Gasteiger partial charge in [0.05, 0.1) is 0 Å². The van der Waals surface area contributed by atoms with Gasteiger partial charge in [0.2, 0.25) is 0 Å². The van der Waals surface area contributed by atoms with Crippen molar-refractivity contribution in [2.75, 3.05) is 13.1 Å². The van der Waals surface area contributed by atoms with Crippen molar-refractivity contribution in [3.63, 3.8) is 0 Å². The number of likely N-dealkylation sites (tertiary alicyclic amines) is 1. The molecule has 18 heavy (non-hydrogen) atoms. The number of piperidine rings is 1. The largest absolute Gasteiger partial charge is 0.549 e. The lowest BCUT2D eigenvalue weighted by Gasteiger charge is -2.43. The van der Waals surface area contributed by atoms with Crippen molar-refractivity contribution in [2.45, 2.75) is 52.6 Å². The van der Waals surface area contributed by atoms with E-state index in [1.165, 1.54) is 4.90 Å². The summed E-state index contributed by atoms with van der Waals surface area (Å²) in [6.45, 7) is 7.92. The maximum atomic E-state index is 11.9. The van der Waals surface area contributed by atoms with E-state index in [0.717, 1.165) is 0 Å². The Labute approximate surface area is 108 Å². The lowest BCUT2D eigenvalue weighted by Crippen LogP contribution is -2.54. The van der Waals surface area contributed by atoms with E-state index < -0.39 is 23.1 Å². The molecule has 0 aromatic heterocycles. The second-order valence-corrected chi connectivity index (χ2v) is 5.93. The van der Waals surface area contributed by atoms with E-state index in [-0.39, 0.29) is 6.54 Å². The number of ether oxygens (including phenoxy) is 1. The molecule has 1 heterocycles. The van der Waals surface area contributed by atoms with Gasteiger partial charge >= 0.3 is 6.09 Å². The normalized spacial score (nSPS) is 24.8. The average molecular weight is 256 g/mol. The molecule has 1 saturated heterocycles. The van der Waals surface area contributed by atoms with Crippen LogP contribution < -0.4 is 5.11 Å². The van der Waals surface area contributed by atoms with Gasteiger partial charge in [-0.05, 0) is 40.0 Å². The minimum absolute atomic E-state index is 0.181. The first-order chi connectivity index (χ1) is 8.20. The molecular formula is C13H22NO4-. The third-order valence-electron chi connectivity index (χ3n) is 3.34. The fourth-order valence-corrected chi connectivity index (χ4v) is 2.21. The zero-order valence-electron chi connectivity index (χ0n) is 11.6. The van der Waals surface area contributed by atoms with Crippen molar-refractivity contribution in [2.24, 2.45) is 5.41 Å². The monoisotopic (exact) mass is 256 g/mol. The third kappa shape index (κ3) is 3.37. The summed E-state index contributed by atoms with van der Waals surface area (Å²) in [5.74, 6) is -1.07. The molecule has 0 N–H and O–H groups in total. The molecule has 5 heteroatoms. The molecule has 0 radical (unpaired) electrons. The molecule has 1 amide bonds. The summed E-state index contributed by atoms with van der Waals surface area (Å²) in [6.07, 6.45) is 1.25. The Kier molecular flexibility index (Phi) is 4.24. The van der Waals surface area contributed by atoms with E-state index in [0.29, 0.717) is 25.8 Å². The molecule has 0 aromatic rings. The number of hydrogen-bond donors (Lipinski definition) is 0. The van der Waals surface area contributed by atoms with Crippen molar-refractivity contribution >= 4 is 12.1 Å². The van der Waals surface area contributed by atoms with E-state index in [1.807, 2.05) is 6.92 Å². The third-order valence-corrected chi connectivity index (χ3v) is 3.34. The van der Waals surface area contributed by atoms with Crippen LogP contribution >= 0.6 is 0 Å². The molecule has 0 aliphatic carbocycles. The first-order valence-corrected chi connectivity index (χ1v) is 6.39. The summed E-state index contributed by atoms with van der Waals surface area (Å²) in [4.78, 5) is 24.7. The quantitative estimate of drug-likeness (QED) is 0.743. The number of carbonyl (C=O) groups is 2. The van der Waals surface area contributed by atoms with Crippen LogP contribution in [0.25, 0.3) is 0 Å². The van der Waals surface area contributed by atoms with Crippen LogP contribution in [0.3, 0.4) is 0 Å². The molecule has 1 fully saturated rings. The lowest BCUT2D eigenvalue weighted by atomic mass is 9.78. The Hall–Kier alpha value is -1.26. The summed E-state index contributed by atoms with van der Waals surface area (Å²) >= 11 is 0. The van der Waals surface area contributed by atoms with Gasteiger partial charge in [0.25, 0.3) is 0 Å². The Morgan fingerprint density at radius 2 is 2.00 bits per heavy atom. The number of aliphatic carboxylic acids is 1. The number of carbonyl (C=O) groups excluding carboxylic acids is 2. The Balaban J connectivity index is 2.75. The van der Waals surface area contributed by atoms with Crippen LogP contribution in [-0.2, 0) is 9.53 Å². The van der Waals surface area contributed by atoms with Gasteiger partial charge in [0.1, 0.15) is 5.60 Å². The molecule has 0 saturated carbocycles. The van der Waals surface area contributed by atoms with E-state index >= 15 is 0 Å². The number of nitrogens with zero attached hydrogens (tertiary/aromatic N) is 1. The maximum Gasteiger partial charge on any atom is 0.410 e. The van der Waals surface area contributed by atoms with Crippen molar-refractivity contribution < 1.29 is 19.4 Å². The highest BCUT2D eigenvalue weighted by Gasteiger charge is 2.38. The van der Waals surface area contributed by atoms with Gasteiger partial charge in [-0.2, -0.15) is 0 Å². The predicted octanol–water partition coefficient (Wildman–Crippen LogP) is 1.16. The van der Waals surface area contributed by atoms with Crippen LogP contribution in [0, 0.1) is 5.41 Å². The number of rotatable bonds is 2. The first-order valence-electron chi connectivity index (χ1n) is 6.39. The zero-order valence-corrected chi connectivity index (χ0v) is 11.6. The van der Waals surface area contributed by atoms with Gasteiger partial charge < -0.3 is 19.5 Å². The Bertz CT molecular complexity index is 334. The molecule has 0 bridgehead atoms. The van der Waals surface area contributed by atoms with Crippen LogP contribution in [0.1, 0.15) is 47.0 Å². The Morgan fingerprint density at radius 1 is 1.39 bits per heavy atom. The second-order valence-electron chi connectivity index (χ2n) is 5.93. The van der Waals surface area contributed by atoms with Gasteiger partial charge in [-0.3, -0.25) is 0 Å². The highest BCUT2D eigenvalue weighted by Crippen LogP contribution is 2.33. The number of amides is 1. The molecule has 1 aliphatic rings. The second kappa shape index (κ2) is 5.16. The number of carboxylic acids is 1. The van der Waals surface area contributed by atoms with Gasteiger partial charge in [0, 0.05) is 24.5 Å². The molecule has 0 aromatic carbocycles. The lowest BCUT2D eigenvalue weighted by molar-refractivity contribution is -0.321. The predicted molar refractivity (Wildman–Crippen MR) is 64.8 cm³/mol. The van der Waals surface area contributed by atoms with Crippen molar-refractivity contribution in [3.05, 3.63) is 0 Å². The zero-order chi connectivity index (χ0) is 14.0. The van der Waals surface area contributed by atoms with Crippen molar-refractivity contribution in [1.29, 1.82) is 0 Å². The van der Waals surface area contributed by atoms with E-state index in [1.54, 1.807) is 20.8 Å².